The van der Waals surface area contributed by atoms with Crippen molar-refractivity contribution in [1.82, 2.24) is 0 Å². The zero-order valence-electron chi connectivity index (χ0n) is 11.1. The zero-order valence-corrected chi connectivity index (χ0v) is 11.1. The minimum absolute atomic E-state index is 0.170. The van der Waals surface area contributed by atoms with Crippen molar-refractivity contribution in [2.24, 2.45) is 11.8 Å². The monoisotopic (exact) mass is 277 g/mol. The quantitative estimate of drug-likeness (QED) is 0.579. The Bertz CT molecular complexity index is 726. The average Bonchev–Trinajstić information content (AvgIpc) is 2.78. The summed E-state index contributed by atoms with van der Waals surface area (Å²) in [7, 11) is 0. The van der Waals surface area contributed by atoms with Crippen LogP contribution in [0.15, 0.2) is 30.4 Å². The van der Waals surface area contributed by atoms with E-state index in [1.807, 2.05) is 24.3 Å². The molecule has 2 unspecified atom stereocenters. The molecule has 1 aromatic rings. The van der Waals surface area contributed by atoms with Crippen LogP contribution < -0.4 is 4.90 Å². The highest BCUT2D eigenvalue weighted by Gasteiger charge is 2.47. The van der Waals surface area contributed by atoms with Gasteiger partial charge in [-0.25, -0.2) is 4.90 Å². The van der Waals surface area contributed by atoms with Gasteiger partial charge in [0.15, 0.2) is 0 Å². The number of benzene rings is 1. The first-order valence-electron chi connectivity index (χ1n) is 6.64. The van der Waals surface area contributed by atoms with E-state index in [9.17, 15) is 9.59 Å². The van der Waals surface area contributed by atoms with Crippen molar-refractivity contribution < 1.29 is 9.59 Å². The lowest BCUT2D eigenvalue weighted by molar-refractivity contribution is -0.122. The fraction of sp³-hybridized carbons (Fsp3) is 0.250. The fourth-order valence-electron chi connectivity index (χ4n) is 2.92. The first-order chi connectivity index (χ1) is 10.2. The minimum atomic E-state index is -0.302. The van der Waals surface area contributed by atoms with Gasteiger partial charge >= 0.3 is 0 Å². The summed E-state index contributed by atoms with van der Waals surface area (Å²) in [5, 5.41) is 18.0. The van der Waals surface area contributed by atoms with Crippen LogP contribution in [0.2, 0.25) is 0 Å². The highest BCUT2D eigenvalue weighted by atomic mass is 16.2. The molecule has 102 valence electrons. The lowest BCUT2D eigenvalue weighted by atomic mass is 9.85. The van der Waals surface area contributed by atoms with E-state index < -0.39 is 0 Å². The van der Waals surface area contributed by atoms with E-state index in [0.717, 1.165) is 4.90 Å². The van der Waals surface area contributed by atoms with Gasteiger partial charge in [-0.2, -0.15) is 10.5 Å². The highest BCUT2D eigenvalue weighted by Crippen LogP contribution is 2.37. The summed E-state index contributed by atoms with van der Waals surface area (Å²) in [6.07, 6.45) is 5.00. The van der Waals surface area contributed by atoms with E-state index in [4.69, 9.17) is 10.5 Å². The summed E-state index contributed by atoms with van der Waals surface area (Å²) >= 11 is 0. The summed E-state index contributed by atoms with van der Waals surface area (Å²) in [6.45, 7) is 0. The molecule has 0 aromatic heterocycles. The first kappa shape index (κ1) is 13.1. The normalized spacial score (nSPS) is 23.6. The van der Waals surface area contributed by atoms with Gasteiger partial charge in [-0.15, -0.1) is 0 Å². The maximum Gasteiger partial charge on any atom is 0.238 e. The fourth-order valence-corrected chi connectivity index (χ4v) is 2.92. The molecule has 5 heteroatoms. The Hall–Kier alpha value is -2.92. The van der Waals surface area contributed by atoms with Crippen LogP contribution in [0.5, 0.6) is 0 Å². The molecule has 0 bridgehead atoms. The van der Waals surface area contributed by atoms with Gasteiger partial charge in [0.05, 0.1) is 28.7 Å². The summed E-state index contributed by atoms with van der Waals surface area (Å²) < 4.78 is 0. The average molecular weight is 277 g/mol. The van der Waals surface area contributed by atoms with Crippen LogP contribution in [-0.2, 0) is 9.59 Å². The predicted octanol–water partition coefficient (Wildman–Crippen LogP) is 1.89. The Morgan fingerprint density at radius 1 is 0.952 bits per heavy atom. The van der Waals surface area contributed by atoms with E-state index in [-0.39, 0.29) is 34.8 Å². The van der Waals surface area contributed by atoms with E-state index in [1.165, 1.54) is 12.1 Å². The molecular formula is C16H11N3O2. The van der Waals surface area contributed by atoms with Gasteiger partial charge in [0.2, 0.25) is 11.8 Å². The number of nitrogens with zero attached hydrogens (tertiary/aromatic N) is 3. The third-order valence-electron chi connectivity index (χ3n) is 4.01. The van der Waals surface area contributed by atoms with Gasteiger partial charge in [0, 0.05) is 0 Å². The number of anilines is 1. The Morgan fingerprint density at radius 2 is 1.52 bits per heavy atom. The largest absolute Gasteiger partial charge is 0.274 e. The van der Waals surface area contributed by atoms with Crippen molar-refractivity contribution in [2.75, 3.05) is 4.90 Å². The second-order valence-corrected chi connectivity index (χ2v) is 5.12. The predicted molar refractivity (Wildman–Crippen MR) is 73.7 cm³/mol. The van der Waals surface area contributed by atoms with Crippen LogP contribution in [0.3, 0.4) is 0 Å². The second-order valence-electron chi connectivity index (χ2n) is 5.12. The first-order valence-corrected chi connectivity index (χ1v) is 6.64. The molecule has 1 heterocycles. The lowest BCUT2D eigenvalue weighted by Crippen LogP contribution is -2.30. The number of carbonyl (C=O) groups excluding carboxylic acids is 2. The Balaban J connectivity index is 2.02. The molecule has 1 aliphatic heterocycles. The molecule has 1 aliphatic carbocycles. The van der Waals surface area contributed by atoms with Crippen LogP contribution >= 0.6 is 0 Å². The number of rotatable bonds is 1. The molecule has 5 nitrogen and oxygen atoms in total. The van der Waals surface area contributed by atoms with Crippen molar-refractivity contribution in [1.29, 1.82) is 10.5 Å². The SMILES string of the molecule is N#Cc1ccc(N2C(=O)C3CC=CCC3C2=O)cc1C#N. The number of hydrogen-bond donors (Lipinski definition) is 0. The van der Waals surface area contributed by atoms with Crippen molar-refractivity contribution >= 4 is 17.5 Å². The van der Waals surface area contributed by atoms with Crippen molar-refractivity contribution in [2.45, 2.75) is 12.8 Å². The van der Waals surface area contributed by atoms with Crippen LogP contribution in [0.25, 0.3) is 0 Å². The van der Waals surface area contributed by atoms with E-state index >= 15 is 0 Å². The molecule has 3 rings (SSSR count). The Morgan fingerprint density at radius 3 is 2.05 bits per heavy atom. The third kappa shape index (κ3) is 1.91. The standard InChI is InChI=1S/C16H11N3O2/c17-8-10-5-6-12(7-11(10)9-18)19-15(20)13-3-1-2-4-14(13)16(19)21/h1-2,5-7,13-14H,3-4H2. The van der Waals surface area contributed by atoms with Crippen LogP contribution in [-0.4, -0.2) is 11.8 Å². The van der Waals surface area contributed by atoms with Crippen LogP contribution in [0, 0.1) is 34.5 Å². The van der Waals surface area contributed by atoms with Gasteiger partial charge in [0.1, 0.15) is 12.1 Å². The number of allylic oxidation sites excluding steroid dienone is 2. The Kier molecular flexibility index (Phi) is 3.04. The topological polar surface area (TPSA) is 85.0 Å². The molecule has 0 spiro atoms. The molecule has 0 radical (unpaired) electrons. The van der Waals surface area contributed by atoms with Gasteiger partial charge in [-0.05, 0) is 31.0 Å². The summed E-state index contributed by atoms with van der Waals surface area (Å²) in [6, 6.07) is 8.27. The van der Waals surface area contributed by atoms with Gasteiger partial charge in [0.25, 0.3) is 0 Å². The maximum absolute atomic E-state index is 12.4. The van der Waals surface area contributed by atoms with E-state index in [1.54, 1.807) is 6.07 Å². The molecule has 0 N–H and O–H groups in total. The van der Waals surface area contributed by atoms with Gasteiger partial charge in [-0.1, -0.05) is 12.2 Å². The number of carbonyl (C=O) groups is 2. The molecule has 1 saturated heterocycles. The van der Waals surface area contributed by atoms with E-state index in [2.05, 4.69) is 0 Å². The van der Waals surface area contributed by atoms with E-state index in [0.29, 0.717) is 18.5 Å². The maximum atomic E-state index is 12.4. The number of imide groups is 1. The smallest absolute Gasteiger partial charge is 0.238 e. The second kappa shape index (κ2) is 4.88. The summed E-state index contributed by atoms with van der Waals surface area (Å²) in [5.41, 5.74) is 0.776. The molecule has 1 fully saturated rings. The molecule has 2 aliphatic rings. The Labute approximate surface area is 121 Å². The molecule has 1 aromatic carbocycles. The molecule has 0 saturated carbocycles. The summed E-state index contributed by atoms with van der Waals surface area (Å²) in [5.74, 6) is -1.04. The minimum Gasteiger partial charge on any atom is -0.274 e. The van der Waals surface area contributed by atoms with Crippen LogP contribution in [0.4, 0.5) is 5.69 Å². The van der Waals surface area contributed by atoms with Gasteiger partial charge < -0.3 is 0 Å². The van der Waals surface area contributed by atoms with Crippen molar-refractivity contribution in [3.8, 4) is 12.1 Å². The van der Waals surface area contributed by atoms with Crippen LogP contribution in [0.1, 0.15) is 24.0 Å². The molecule has 21 heavy (non-hydrogen) atoms. The molecular weight excluding hydrogens is 266 g/mol. The number of amides is 2. The third-order valence-corrected chi connectivity index (χ3v) is 4.01. The number of nitriles is 2. The lowest BCUT2D eigenvalue weighted by Gasteiger charge is -2.15. The number of hydrogen-bond acceptors (Lipinski definition) is 4. The summed E-state index contributed by atoms with van der Waals surface area (Å²) in [4.78, 5) is 26.0. The zero-order chi connectivity index (χ0) is 15.0. The molecule has 2 atom stereocenters. The van der Waals surface area contributed by atoms with Crippen molar-refractivity contribution in [3.05, 3.63) is 41.5 Å². The van der Waals surface area contributed by atoms with Crippen molar-refractivity contribution in [3.63, 3.8) is 0 Å². The molecule has 2 amide bonds. The van der Waals surface area contributed by atoms with Gasteiger partial charge in [-0.3, -0.25) is 9.59 Å². The highest BCUT2D eigenvalue weighted by molar-refractivity contribution is 6.22. The number of fused-ring (bicyclic) bond motifs is 1.